The first-order valence-electron chi connectivity index (χ1n) is 13.2. The third-order valence-corrected chi connectivity index (χ3v) is 7.71. The molecular weight excluding hydrogens is 498 g/mol. The molecule has 2 fully saturated rings. The normalized spacial score (nSPS) is 18.5. The predicted molar refractivity (Wildman–Crippen MR) is 148 cm³/mol. The van der Waals surface area contributed by atoms with Gasteiger partial charge in [0.1, 0.15) is 29.0 Å². The molecule has 2 aliphatic rings. The van der Waals surface area contributed by atoms with Crippen molar-refractivity contribution in [1.82, 2.24) is 19.4 Å². The molecular formula is C29H30F2N8. The summed E-state index contributed by atoms with van der Waals surface area (Å²) in [5, 5.41) is 9.22. The standard InChI is InChI=1S/C29H30F2N8/c1-36-11-13-37(14-12-36)22-6-7-25(24(31)16-22)39-28(19-4-5-20(17-32)23(30)15-19)35-27-26(8-9-34-29(27)39)38-10-2-3-21(33)18-38/h4-9,15-16,21H,2-3,10-14,18,33H2,1H3/t21-/m1/s1. The topological polar surface area (TPSA) is 90.2 Å². The van der Waals surface area contributed by atoms with Crippen molar-refractivity contribution in [1.29, 1.82) is 5.26 Å². The van der Waals surface area contributed by atoms with E-state index in [-0.39, 0.29) is 17.3 Å². The van der Waals surface area contributed by atoms with Crippen LogP contribution >= 0.6 is 0 Å². The number of hydrogen-bond donors (Lipinski definition) is 1. The van der Waals surface area contributed by atoms with Crippen LogP contribution in [-0.4, -0.2) is 71.8 Å². The molecule has 2 saturated heterocycles. The second-order valence-corrected chi connectivity index (χ2v) is 10.4. The van der Waals surface area contributed by atoms with Gasteiger partial charge in [-0.3, -0.25) is 4.57 Å². The second kappa shape index (κ2) is 10.2. The van der Waals surface area contributed by atoms with E-state index in [9.17, 15) is 9.65 Å². The third-order valence-electron chi connectivity index (χ3n) is 7.71. The molecule has 0 unspecified atom stereocenters. The maximum atomic E-state index is 15.9. The van der Waals surface area contributed by atoms with Gasteiger partial charge in [-0.2, -0.15) is 5.26 Å². The van der Waals surface area contributed by atoms with Crippen molar-refractivity contribution in [3.8, 4) is 23.1 Å². The number of likely N-dealkylation sites (N-methyl/N-ethyl adjacent to an activating group) is 1. The number of pyridine rings is 1. The number of hydrogen-bond acceptors (Lipinski definition) is 7. The van der Waals surface area contributed by atoms with Crippen LogP contribution in [0.3, 0.4) is 0 Å². The summed E-state index contributed by atoms with van der Waals surface area (Å²) in [6, 6.07) is 13.3. The molecule has 0 radical (unpaired) electrons. The quantitative estimate of drug-likeness (QED) is 0.430. The first-order chi connectivity index (χ1) is 18.9. The smallest absolute Gasteiger partial charge is 0.167 e. The Morgan fingerprint density at radius 3 is 2.49 bits per heavy atom. The molecule has 4 aromatic rings. The van der Waals surface area contributed by atoms with Crippen molar-refractivity contribution in [3.05, 3.63) is 65.9 Å². The maximum Gasteiger partial charge on any atom is 0.167 e. The molecule has 0 amide bonds. The highest BCUT2D eigenvalue weighted by Crippen LogP contribution is 2.35. The molecule has 6 rings (SSSR count). The van der Waals surface area contributed by atoms with Crippen molar-refractivity contribution in [2.24, 2.45) is 5.73 Å². The van der Waals surface area contributed by atoms with Gasteiger partial charge in [-0.05, 0) is 62.4 Å². The Balaban J connectivity index is 1.51. The second-order valence-electron chi connectivity index (χ2n) is 10.4. The summed E-state index contributed by atoms with van der Waals surface area (Å²) in [6.07, 6.45) is 3.61. The van der Waals surface area contributed by atoms with E-state index in [1.54, 1.807) is 29.0 Å². The van der Waals surface area contributed by atoms with Gasteiger partial charge in [-0.25, -0.2) is 18.7 Å². The number of rotatable bonds is 4. The van der Waals surface area contributed by atoms with Gasteiger partial charge in [0.25, 0.3) is 0 Å². The molecule has 0 spiro atoms. The summed E-state index contributed by atoms with van der Waals surface area (Å²) >= 11 is 0. The Hall–Kier alpha value is -4.07. The number of halogens is 2. The molecule has 1 atom stereocenters. The lowest BCUT2D eigenvalue weighted by molar-refractivity contribution is 0.313. The number of fused-ring (bicyclic) bond motifs is 1. The lowest BCUT2D eigenvalue weighted by Gasteiger charge is -2.34. The number of anilines is 2. The van der Waals surface area contributed by atoms with Crippen LogP contribution in [0.25, 0.3) is 28.2 Å². The number of aromatic nitrogens is 3. The molecule has 200 valence electrons. The van der Waals surface area contributed by atoms with Crippen LogP contribution in [0.5, 0.6) is 0 Å². The summed E-state index contributed by atoms with van der Waals surface area (Å²) in [4.78, 5) is 16.1. The Morgan fingerprint density at radius 1 is 0.949 bits per heavy atom. The lowest BCUT2D eigenvalue weighted by Crippen LogP contribution is -2.44. The minimum atomic E-state index is -0.658. The molecule has 10 heteroatoms. The van der Waals surface area contributed by atoms with E-state index in [4.69, 9.17) is 10.7 Å². The molecule has 2 aliphatic heterocycles. The van der Waals surface area contributed by atoms with E-state index in [0.29, 0.717) is 29.1 Å². The van der Waals surface area contributed by atoms with Gasteiger partial charge in [0.2, 0.25) is 0 Å². The number of nitrogens with zero attached hydrogens (tertiary/aromatic N) is 7. The Kier molecular flexibility index (Phi) is 6.62. The fourth-order valence-electron chi connectivity index (χ4n) is 5.55. The summed E-state index contributed by atoms with van der Waals surface area (Å²) in [6.45, 7) is 4.98. The molecule has 2 aromatic carbocycles. The van der Waals surface area contributed by atoms with Crippen LogP contribution in [-0.2, 0) is 0 Å². The number of nitriles is 1. The Morgan fingerprint density at radius 2 is 1.77 bits per heavy atom. The lowest BCUT2D eigenvalue weighted by atomic mass is 10.1. The predicted octanol–water partition coefficient (Wildman–Crippen LogP) is 3.92. The van der Waals surface area contributed by atoms with Gasteiger partial charge in [-0.1, -0.05) is 0 Å². The van der Waals surface area contributed by atoms with Crippen molar-refractivity contribution in [2.45, 2.75) is 18.9 Å². The summed E-state index contributed by atoms with van der Waals surface area (Å²) in [5.41, 5.74) is 9.63. The largest absolute Gasteiger partial charge is 0.369 e. The third kappa shape index (κ3) is 4.68. The van der Waals surface area contributed by atoms with Crippen LogP contribution < -0.4 is 15.5 Å². The Labute approximate surface area is 225 Å². The number of imidazole rings is 1. The highest BCUT2D eigenvalue weighted by Gasteiger charge is 2.25. The SMILES string of the molecule is CN1CCN(c2ccc(-n3c(-c4ccc(C#N)c(F)c4)nc4c(N5CCC[C@@H](N)C5)ccnc43)c(F)c2)CC1. The van der Waals surface area contributed by atoms with Crippen LogP contribution in [0.2, 0.25) is 0 Å². The Bertz CT molecular complexity index is 1570. The van der Waals surface area contributed by atoms with E-state index < -0.39 is 11.6 Å². The zero-order valence-corrected chi connectivity index (χ0v) is 21.8. The molecule has 2 N–H and O–H groups in total. The average Bonchev–Trinajstić information content (AvgIpc) is 3.33. The minimum Gasteiger partial charge on any atom is -0.369 e. The fourth-order valence-corrected chi connectivity index (χ4v) is 5.55. The molecule has 8 nitrogen and oxygen atoms in total. The van der Waals surface area contributed by atoms with Crippen molar-refractivity contribution in [2.75, 3.05) is 56.1 Å². The van der Waals surface area contributed by atoms with Gasteiger partial charge < -0.3 is 20.4 Å². The summed E-state index contributed by atoms with van der Waals surface area (Å²) in [7, 11) is 2.08. The highest BCUT2D eigenvalue weighted by molar-refractivity contribution is 5.90. The van der Waals surface area contributed by atoms with E-state index in [2.05, 4.69) is 26.7 Å². The number of piperidine rings is 1. The fraction of sp³-hybridized carbons (Fsp3) is 0.345. The van der Waals surface area contributed by atoms with Crippen LogP contribution in [0.4, 0.5) is 20.2 Å². The monoisotopic (exact) mass is 528 g/mol. The first-order valence-corrected chi connectivity index (χ1v) is 13.2. The van der Waals surface area contributed by atoms with Gasteiger partial charge in [0.15, 0.2) is 5.65 Å². The van der Waals surface area contributed by atoms with E-state index in [1.165, 1.54) is 12.1 Å². The first kappa shape index (κ1) is 25.2. The molecule has 0 bridgehead atoms. The minimum absolute atomic E-state index is 0.0516. The van der Waals surface area contributed by atoms with Gasteiger partial charge in [-0.15, -0.1) is 0 Å². The van der Waals surface area contributed by atoms with E-state index in [0.717, 1.165) is 56.9 Å². The molecule has 0 saturated carbocycles. The van der Waals surface area contributed by atoms with Crippen LogP contribution in [0.15, 0.2) is 48.7 Å². The zero-order valence-electron chi connectivity index (χ0n) is 21.8. The van der Waals surface area contributed by atoms with Gasteiger partial charge in [0.05, 0.1) is 16.9 Å². The maximum absolute atomic E-state index is 15.9. The summed E-state index contributed by atoms with van der Waals surface area (Å²) < 4.78 is 32.3. The van der Waals surface area contributed by atoms with Crippen LogP contribution in [0.1, 0.15) is 18.4 Å². The molecule has 39 heavy (non-hydrogen) atoms. The molecule has 2 aromatic heterocycles. The zero-order chi connectivity index (χ0) is 27.1. The molecule has 0 aliphatic carbocycles. The number of nitrogens with two attached hydrogens (primary N) is 1. The van der Waals surface area contributed by atoms with E-state index in [1.807, 2.05) is 18.2 Å². The highest BCUT2D eigenvalue weighted by atomic mass is 19.1. The van der Waals surface area contributed by atoms with Crippen LogP contribution in [0, 0.1) is 23.0 Å². The van der Waals surface area contributed by atoms with E-state index >= 15 is 4.39 Å². The summed E-state index contributed by atoms with van der Waals surface area (Å²) in [5.74, 6) is -0.733. The number of piperazine rings is 1. The van der Waals surface area contributed by atoms with Gasteiger partial charge >= 0.3 is 0 Å². The number of benzene rings is 2. The van der Waals surface area contributed by atoms with Gasteiger partial charge in [0, 0.05) is 62.8 Å². The van der Waals surface area contributed by atoms with Crippen molar-refractivity contribution < 1.29 is 8.78 Å². The van der Waals surface area contributed by atoms with Crippen molar-refractivity contribution >= 4 is 22.5 Å². The van der Waals surface area contributed by atoms with Crippen molar-refractivity contribution in [3.63, 3.8) is 0 Å². The molecule has 4 heterocycles. The average molecular weight is 529 g/mol.